The number of amides is 1. The number of aryl methyl sites for hydroxylation is 1. The highest BCUT2D eigenvalue weighted by Gasteiger charge is 2.37. The van der Waals surface area contributed by atoms with Crippen LogP contribution in [0.2, 0.25) is 0 Å². The first-order chi connectivity index (χ1) is 10.7. The van der Waals surface area contributed by atoms with E-state index < -0.39 is 11.9 Å². The van der Waals surface area contributed by atoms with Crippen molar-refractivity contribution < 1.29 is 18.0 Å². The van der Waals surface area contributed by atoms with E-state index in [1.54, 1.807) is 4.90 Å². The van der Waals surface area contributed by atoms with Crippen LogP contribution in [0.3, 0.4) is 0 Å². The van der Waals surface area contributed by atoms with Gasteiger partial charge in [-0.3, -0.25) is 9.48 Å². The van der Waals surface area contributed by atoms with Crippen LogP contribution < -0.4 is 0 Å². The zero-order valence-corrected chi connectivity index (χ0v) is 13.7. The van der Waals surface area contributed by atoms with Crippen LogP contribution in [0, 0.1) is 0 Å². The molecule has 0 aliphatic carbocycles. The second kappa shape index (κ2) is 6.90. The van der Waals surface area contributed by atoms with Crippen LogP contribution >= 0.6 is 0 Å². The van der Waals surface area contributed by atoms with Crippen molar-refractivity contribution in [3.8, 4) is 0 Å². The van der Waals surface area contributed by atoms with E-state index in [0.717, 1.165) is 43.0 Å². The molecule has 0 aromatic carbocycles. The number of nitrogens with zero attached hydrogens (tertiary/aromatic N) is 4. The van der Waals surface area contributed by atoms with Crippen molar-refractivity contribution in [1.82, 2.24) is 19.6 Å². The van der Waals surface area contributed by atoms with Gasteiger partial charge in [0.2, 0.25) is 0 Å². The van der Waals surface area contributed by atoms with Crippen LogP contribution in [-0.4, -0.2) is 58.7 Å². The molecule has 0 radical (unpaired) electrons. The highest BCUT2D eigenvalue weighted by molar-refractivity contribution is 5.93. The SMILES string of the molecule is CN(C)CC[C@@H]1CCCCN1C(=O)c1cc(C(F)(F)F)nn1C. The van der Waals surface area contributed by atoms with Gasteiger partial charge in [-0.25, -0.2) is 0 Å². The quantitative estimate of drug-likeness (QED) is 0.850. The van der Waals surface area contributed by atoms with Crippen LogP contribution in [-0.2, 0) is 13.2 Å². The molecule has 2 rings (SSSR count). The summed E-state index contributed by atoms with van der Waals surface area (Å²) in [5, 5.41) is 3.43. The number of carbonyl (C=O) groups excluding carboxylic acids is 1. The molecule has 23 heavy (non-hydrogen) atoms. The van der Waals surface area contributed by atoms with Gasteiger partial charge < -0.3 is 9.80 Å². The lowest BCUT2D eigenvalue weighted by Gasteiger charge is -2.36. The second-order valence-electron chi connectivity index (χ2n) is 6.28. The molecule has 8 heteroatoms. The van der Waals surface area contributed by atoms with Gasteiger partial charge >= 0.3 is 6.18 Å². The van der Waals surface area contributed by atoms with Crippen molar-refractivity contribution in [1.29, 1.82) is 0 Å². The Morgan fingerprint density at radius 3 is 2.65 bits per heavy atom. The zero-order chi connectivity index (χ0) is 17.2. The van der Waals surface area contributed by atoms with Crippen molar-refractivity contribution in [2.24, 2.45) is 7.05 Å². The number of carbonyl (C=O) groups is 1. The molecule has 130 valence electrons. The molecular formula is C15H23F3N4O. The number of alkyl halides is 3. The minimum atomic E-state index is -4.54. The Hall–Kier alpha value is -1.57. The van der Waals surface area contributed by atoms with Crippen LogP contribution in [0.25, 0.3) is 0 Å². The molecule has 2 heterocycles. The average Bonchev–Trinajstić information content (AvgIpc) is 2.87. The van der Waals surface area contributed by atoms with E-state index in [2.05, 4.69) is 5.10 Å². The predicted molar refractivity (Wildman–Crippen MR) is 80.1 cm³/mol. The van der Waals surface area contributed by atoms with Gasteiger partial charge in [0.05, 0.1) is 0 Å². The molecule has 1 saturated heterocycles. The summed E-state index contributed by atoms with van der Waals surface area (Å²) in [6.07, 6.45) is -0.899. The number of hydrogen-bond acceptors (Lipinski definition) is 3. The molecular weight excluding hydrogens is 309 g/mol. The number of rotatable bonds is 4. The number of hydrogen-bond donors (Lipinski definition) is 0. The third-order valence-corrected chi connectivity index (χ3v) is 4.19. The second-order valence-corrected chi connectivity index (χ2v) is 6.28. The molecule has 0 unspecified atom stereocenters. The molecule has 0 N–H and O–H groups in total. The zero-order valence-electron chi connectivity index (χ0n) is 13.7. The summed E-state index contributed by atoms with van der Waals surface area (Å²) in [5.74, 6) is -0.362. The minimum Gasteiger partial charge on any atom is -0.334 e. The van der Waals surface area contributed by atoms with Gasteiger partial charge in [-0.1, -0.05) is 0 Å². The summed E-state index contributed by atoms with van der Waals surface area (Å²) in [6.45, 7) is 1.43. The van der Waals surface area contributed by atoms with E-state index in [0.29, 0.717) is 6.54 Å². The Morgan fingerprint density at radius 2 is 2.09 bits per heavy atom. The molecule has 1 atom stereocenters. The third-order valence-electron chi connectivity index (χ3n) is 4.19. The van der Waals surface area contributed by atoms with E-state index in [1.807, 2.05) is 19.0 Å². The average molecular weight is 332 g/mol. The van der Waals surface area contributed by atoms with E-state index in [4.69, 9.17) is 0 Å². The fourth-order valence-corrected chi connectivity index (χ4v) is 2.93. The van der Waals surface area contributed by atoms with Crippen LogP contribution in [0.1, 0.15) is 41.9 Å². The van der Waals surface area contributed by atoms with Crippen molar-refractivity contribution >= 4 is 5.91 Å². The first-order valence-corrected chi connectivity index (χ1v) is 7.77. The molecule has 0 bridgehead atoms. The standard InChI is InChI=1S/C15H23F3N4O/c1-20(2)9-7-11-6-4-5-8-22(11)14(23)12-10-13(15(16,17)18)19-21(12)3/h10-11H,4-9H2,1-3H3/t11-/m0/s1. The smallest absolute Gasteiger partial charge is 0.334 e. The monoisotopic (exact) mass is 332 g/mol. The largest absolute Gasteiger partial charge is 0.435 e. The predicted octanol–water partition coefficient (Wildman–Crippen LogP) is 2.39. The molecule has 0 spiro atoms. The minimum absolute atomic E-state index is 0.00548. The highest BCUT2D eigenvalue weighted by Crippen LogP contribution is 2.29. The molecule has 1 fully saturated rings. The normalized spacial score (nSPS) is 19.4. The van der Waals surface area contributed by atoms with Crippen LogP contribution in [0.4, 0.5) is 13.2 Å². The Bertz CT molecular complexity index is 553. The number of aromatic nitrogens is 2. The van der Waals surface area contributed by atoms with Gasteiger partial charge in [0, 0.05) is 25.7 Å². The number of piperidine rings is 1. The van der Waals surface area contributed by atoms with Crippen molar-refractivity contribution in [2.75, 3.05) is 27.2 Å². The Morgan fingerprint density at radius 1 is 1.39 bits per heavy atom. The van der Waals surface area contributed by atoms with Crippen molar-refractivity contribution in [3.63, 3.8) is 0 Å². The summed E-state index contributed by atoms with van der Waals surface area (Å²) in [7, 11) is 5.30. The molecule has 1 aliphatic rings. The summed E-state index contributed by atoms with van der Waals surface area (Å²) in [6, 6.07) is 0.919. The summed E-state index contributed by atoms with van der Waals surface area (Å²) >= 11 is 0. The Kier molecular flexibility index (Phi) is 5.33. The molecule has 1 amide bonds. The van der Waals surface area contributed by atoms with Gasteiger partial charge in [-0.2, -0.15) is 18.3 Å². The van der Waals surface area contributed by atoms with Gasteiger partial charge in [0.25, 0.3) is 5.91 Å². The van der Waals surface area contributed by atoms with E-state index >= 15 is 0 Å². The molecule has 1 aromatic rings. The van der Waals surface area contributed by atoms with E-state index in [9.17, 15) is 18.0 Å². The van der Waals surface area contributed by atoms with Crippen LogP contribution in [0.15, 0.2) is 6.07 Å². The summed E-state index contributed by atoms with van der Waals surface area (Å²) in [5.41, 5.74) is -1.03. The maximum absolute atomic E-state index is 12.8. The Labute approximate surface area is 134 Å². The van der Waals surface area contributed by atoms with Gasteiger partial charge in [0.1, 0.15) is 5.69 Å². The first kappa shape index (κ1) is 17.8. The number of halogens is 3. The number of likely N-dealkylation sites (tertiary alicyclic amines) is 1. The lowest BCUT2D eigenvalue weighted by Crippen LogP contribution is -2.45. The first-order valence-electron chi connectivity index (χ1n) is 7.77. The fraction of sp³-hybridized carbons (Fsp3) is 0.733. The van der Waals surface area contributed by atoms with E-state index in [-0.39, 0.29) is 17.6 Å². The van der Waals surface area contributed by atoms with Crippen molar-refractivity contribution in [2.45, 2.75) is 37.9 Å². The lowest BCUT2D eigenvalue weighted by molar-refractivity contribution is -0.141. The van der Waals surface area contributed by atoms with Gasteiger partial charge in [-0.15, -0.1) is 0 Å². The lowest BCUT2D eigenvalue weighted by atomic mass is 9.98. The fourth-order valence-electron chi connectivity index (χ4n) is 2.93. The maximum atomic E-state index is 12.8. The maximum Gasteiger partial charge on any atom is 0.435 e. The van der Waals surface area contributed by atoms with Crippen LogP contribution in [0.5, 0.6) is 0 Å². The molecule has 0 saturated carbocycles. The highest BCUT2D eigenvalue weighted by atomic mass is 19.4. The summed E-state index contributed by atoms with van der Waals surface area (Å²) in [4.78, 5) is 16.5. The van der Waals surface area contributed by atoms with Gasteiger partial charge in [0.15, 0.2) is 5.69 Å². The molecule has 1 aromatic heterocycles. The van der Waals surface area contributed by atoms with E-state index in [1.165, 1.54) is 7.05 Å². The molecule has 5 nitrogen and oxygen atoms in total. The molecule has 1 aliphatic heterocycles. The van der Waals surface area contributed by atoms with Gasteiger partial charge in [-0.05, 0) is 46.3 Å². The Balaban J connectivity index is 2.18. The summed E-state index contributed by atoms with van der Waals surface area (Å²) < 4.78 is 39.3. The third kappa shape index (κ3) is 4.25. The van der Waals surface area contributed by atoms with Crippen molar-refractivity contribution in [3.05, 3.63) is 17.5 Å². The topological polar surface area (TPSA) is 41.4 Å².